The van der Waals surface area contributed by atoms with E-state index in [2.05, 4.69) is 6.92 Å². The minimum Gasteiger partial charge on any atom is -0.396 e. The molecule has 7 atom stereocenters. The average molecular weight is 292 g/mol. The van der Waals surface area contributed by atoms with Gasteiger partial charge in [0, 0.05) is 6.61 Å². The van der Waals surface area contributed by atoms with Crippen molar-refractivity contribution in [1.82, 2.24) is 0 Å². The van der Waals surface area contributed by atoms with E-state index < -0.39 is 0 Å². The minimum atomic E-state index is -0.0359. The molecule has 0 aromatic rings. The number of aliphatic hydroxyl groups is 2. The highest BCUT2D eigenvalue weighted by Gasteiger charge is 2.58. The van der Waals surface area contributed by atoms with Crippen LogP contribution in [0.5, 0.6) is 0 Å². The van der Waals surface area contributed by atoms with E-state index in [9.17, 15) is 10.2 Å². The maximum absolute atomic E-state index is 10.1. The van der Waals surface area contributed by atoms with Crippen LogP contribution in [0.4, 0.5) is 0 Å². The molecule has 0 aromatic heterocycles. The van der Waals surface area contributed by atoms with Crippen LogP contribution in [0.3, 0.4) is 0 Å². The quantitative estimate of drug-likeness (QED) is 0.772. The van der Waals surface area contributed by atoms with Crippen molar-refractivity contribution in [3.05, 3.63) is 0 Å². The Labute approximate surface area is 129 Å². The molecular weight excluding hydrogens is 260 g/mol. The fraction of sp³-hybridized carbons (Fsp3) is 1.00. The predicted octanol–water partition coefficient (Wildman–Crippen LogP) is 3.75. The van der Waals surface area contributed by atoms with E-state index in [1.807, 2.05) is 0 Å². The number of fused-ring (bicyclic) bond motifs is 5. The highest BCUT2D eigenvalue weighted by Crippen LogP contribution is 2.66. The second kappa shape index (κ2) is 4.96. The van der Waals surface area contributed by atoms with Crippen molar-refractivity contribution in [2.45, 2.75) is 77.2 Å². The first-order chi connectivity index (χ1) is 10.1. The third-order valence-electron chi connectivity index (χ3n) is 8.48. The Balaban J connectivity index is 1.62. The summed E-state index contributed by atoms with van der Waals surface area (Å²) in [5, 5.41) is 20.1. The van der Waals surface area contributed by atoms with Crippen LogP contribution < -0.4 is 0 Å². The summed E-state index contributed by atoms with van der Waals surface area (Å²) < 4.78 is 0. The zero-order chi connectivity index (χ0) is 14.7. The summed E-state index contributed by atoms with van der Waals surface area (Å²) in [6.07, 6.45) is 12.5. The second-order valence-electron chi connectivity index (χ2n) is 9.04. The lowest BCUT2D eigenvalue weighted by Gasteiger charge is -2.60. The van der Waals surface area contributed by atoms with Crippen LogP contribution in [0.25, 0.3) is 0 Å². The maximum atomic E-state index is 10.1. The summed E-state index contributed by atoms with van der Waals surface area (Å²) in [5.41, 5.74) is 0.769. The molecule has 0 aliphatic heterocycles. The van der Waals surface area contributed by atoms with E-state index in [0.29, 0.717) is 17.4 Å². The van der Waals surface area contributed by atoms with Crippen molar-refractivity contribution in [3.8, 4) is 0 Å². The molecule has 0 radical (unpaired) electrons. The molecule has 4 fully saturated rings. The van der Waals surface area contributed by atoms with Gasteiger partial charge < -0.3 is 10.2 Å². The number of aliphatic hydroxyl groups excluding tert-OH is 2. The first-order valence-corrected chi connectivity index (χ1v) is 9.38. The first-order valence-electron chi connectivity index (χ1n) is 9.38. The number of hydrogen-bond acceptors (Lipinski definition) is 2. The van der Waals surface area contributed by atoms with Gasteiger partial charge in [-0.15, -0.1) is 0 Å². The summed E-state index contributed by atoms with van der Waals surface area (Å²) in [4.78, 5) is 0. The molecule has 4 aliphatic rings. The minimum absolute atomic E-state index is 0.0359. The largest absolute Gasteiger partial charge is 0.396 e. The van der Waals surface area contributed by atoms with Gasteiger partial charge in [-0.3, -0.25) is 0 Å². The van der Waals surface area contributed by atoms with Crippen molar-refractivity contribution < 1.29 is 10.2 Å². The first kappa shape index (κ1) is 14.5. The summed E-state index contributed by atoms with van der Waals surface area (Å²) in [6.45, 7) is 2.97. The fourth-order valence-corrected chi connectivity index (χ4v) is 7.30. The van der Waals surface area contributed by atoms with Crippen LogP contribution in [0.15, 0.2) is 0 Å². The van der Waals surface area contributed by atoms with E-state index in [0.717, 1.165) is 36.5 Å². The van der Waals surface area contributed by atoms with Gasteiger partial charge in [0.2, 0.25) is 0 Å². The monoisotopic (exact) mass is 292 g/mol. The molecule has 0 spiro atoms. The van der Waals surface area contributed by atoms with Crippen LogP contribution >= 0.6 is 0 Å². The normalized spacial score (nSPS) is 56.4. The SMILES string of the molecule is C[C@]12CC[C@@H](O)C[C@@H]1CC[C@H]1[C@@H]3CCC[C@@]3(CO)CC[C@@H]12. The van der Waals surface area contributed by atoms with E-state index >= 15 is 0 Å². The Hall–Kier alpha value is -0.0800. The van der Waals surface area contributed by atoms with Gasteiger partial charge >= 0.3 is 0 Å². The van der Waals surface area contributed by atoms with Gasteiger partial charge in [0.25, 0.3) is 0 Å². The molecule has 4 saturated carbocycles. The molecule has 0 bridgehead atoms. The Morgan fingerprint density at radius 2 is 1.81 bits per heavy atom. The van der Waals surface area contributed by atoms with Crippen molar-refractivity contribution in [1.29, 1.82) is 0 Å². The lowest BCUT2D eigenvalue weighted by Crippen LogP contribution is -2.54. The van der Waals surface area contributed by atoms with Crippen molar-refractivity contribution in [2.75, 3.05) is 6.61 Å². The third kappa shape index (κ3) is 1.97. The molecule has 2 N–H and O–H groups in total. The van der Waals surface area contributed by atoms with Crippen LogP contribution in [0.2, 0.25) is 0 Å². The Morgan fingerprint density at radius 3 is 2.62 bits per heavy atom. The molecule has 0 heterocycles. The lowest BCUT2D eigenvalue weighted by molar-refractivity contribution is -0.131. The van der Waals surface area contributed by atoms with Crippen molar-refractivity contribution in [3.63, 3.8) is 0 Å². The maximum Gasteiger partial charge on any atom is 0.0543 e. The molecule has 4 rings (SSSR count). The molecule has 0 amide bonds. The summed E-state index contributed by atoms with van der Waals surface area (Å²) in [5.74, 6) is 3.29. The van der Waals surface area contributed by atoms with Crippen LogP contribution in [-0.4, -0.2) is 22.9 Å². The highest BCUT2D eigenvalue weighted by atomic mass is 16.3. The van der Waals surface area contributed by atoms with Crippen molar-refractivity contribution in [2.24, 2.45) is 34.5 Å². The van der Waals surface area contributed by atoms with Crippen molar-refractivity contribution >= 4 is 0 Å². The molecule has 0 saturated heterocycles. The van der Waals surface area contributed by atoms with Gasteiger partial charge in [0.1, 0.15) is 0 Å². The Kier molecular flexibility index (Phi) is 3.43. The Morgan fingerprint density at radius 1 is 0.952 bits per heavy atom. The fourth-order valence-electron chi connectivity index (χ4n) is 7.30. The molecule has 21 heavy (non-hydrogen) atoms. The van der Waals surface area contributed by atoms with Crippen LogP contribution in [-0.2, 0) is 0 Å². The molecular formula is C19H32O2. The Bertz CT molecular complexity index is 408. The van der Waals surface area contributed by atoms with E-state index in [1.165, 1.54) is 51.4 Å². The number of rotatable bonds is 1. The van der Waals surface area contributed by atoms with Gasteiger partial charge in [0.05, 0.1) is 6.10 Å². The summed E-state index contributed by atoms with van der Waals surface area (Å²) in [6, 6.07) is 0. The van der Waals surface area contributed by atoms with E-state index in [-0.39, 0.29) is 6.10 Å². The molecule has 2 heteroatoms. The van der Waals surface area contributed by atoms with E-state index in [1.54, 1.807) is 0 Å². The zero-order valence-corrected chi connectivity index (χ0v) is 13.6. The summed E-state index contributed by atoms with van der Waals surface area (Å²) in [7, 11) is 0. The molecule has 120 valence electrons. The number of hydrogen-bond donors (Lipinski definition) is 2. The standard InChI is InChI=1S/C19H32O2/c1-18-9-6-14(21)11-13(18)4-5-15-16(18)7-10-19(12-20)8-2-3-17(15)19/h13-17,20-21H,2-12H2,1H3/t13-,14+,15+,16-,17-,18-,19-/m0/s1. The molecule has 2 nitrogen and oxygen atoms in total. The van der Waals surface area contributed by atoms with Gasteiger partial charge in [0.15, 0.2) is 0 Å². The average Bonchev–Trinajstić information content (AvgIpc) is 2.92. The van der Waals surface area contributed by atoms with Crippen LogP contribution in [0.1, 0.15) is 71.1 Å². The second-order valence-corrected chi connectivity index (χ2v) is 9.04. The van der Waals surface area contributed by atoms with Gasteiger partial charge in [-0.2, -0.15) is 0 Å². The van der Waals surface area contributed by atoms with E-state index in [4.69, 9.17) is 0 Å². The third-order valence-corrected chi connectivity index (χ3v) is 8.48. The molecule has 4 aliphatic carbocycles. The highest BCUT2D eigenvalue weighted by molar-refractivity contribution is 5.08. The molecule has 0 aromatic carbocycles. The topological polar surface area (TPSA) is 40.5 Å². The van der Waals surface area contributed by atoms with Gasteiger partial charge in [-0.25, -0.2) is 0 Å². The van der Waals surface area contributed by atoms with Crippen LogP contribution in [0, 0.1) is 34.5 Å². The lowest BCUT2D eigenvalue weighted by atomic mass is 9.45. The molecule has 0 unspecified atom stereocenters. The predicted molar refractivity (Wildman–Crippen MR) is 83.8 cm³/mol. The smallest absolute Gasteiger partial charge is 0.0543 e. The zero-order valence-electron chi connectivity index (χ0n) is 13.6. The van der Waals surface area contributed by atoms with Gasteiger partial charge in [-0.1, -0.05) is 13.3 Å². The summed E-state index contributed by atoms with van der Waals surface area (Å²) >= 11 is 0. The van der Waals surface area contributed by atoms with Gasteiger partial charge in [-0.05, 0) is 92.3 Å².